The maximum atomic E-state index is 3.88. The van der Waals surface area contributed by atoms with Crippen molar-refractivity contribution >= 4 is 31.9 Å². The molecule has 0 aliphatic heterocycles. The van der Waals surface area contributed by atoms with E-state index in [0.717, 1.165) is 4.47 Å². The summed E-state index contributed by atoms with van der Waals surface area (Å²) in [4.78, 5) is 0.251. The largest absolute Gasteiger partial charge is 0.0786 e. The number of aryl methyl sites for hydroxylation is 4. The molecule has 1 atom stereocenters. The Hall–Kier alpha value is -0.600. The van der Waals surface area contributed by atoms with Crippen LogP contribution in [0.2, 0.25) is 0 Å². The summed E-state index contributed by atoms with van der Waals surface area (Å²) in [5.74, 6) is 0. The van der Waals surface area contributed by atoms with Crippen molar-refractivity contribution in [1.82, 2.24) is 0 Å². The van der Waals surface area contributed by atoms with E-state index in [1.165, 1.54) is 33.4 Å². The monoisotopic (exact) mass is 380 g/mol. The lowest BCUT2D eigenvalue weighted by Gasteiger charge is -2.19. The van der Waals surface area contributed by atoms with Gasteiger partial charge in [-0.2, -0.15) is 0 Å². The third-order valence-corrected chi connectivity index (χ3v) is 4.94. The third-order valence-electron chi connectivity index (χ3n) is 3.50. The molecular formula is C17H18Br2. The minimum atomic E-state index is 0.251. The van der Waals surface area contributed by atoms with Gasteiger partial charge >= 0.3 is 0 Å². The van der Waals surface area contributed by atoms with Crippen LogP contribution >= 0.6 is 31.9 Å². The van der Waals surface area contributed by atoms with Crippen LogP contribution in [0, 0.1) is 27.7 Å². The molecule has 19 heavy (non-hydrogen) atoms. The van der Waals surface area contributed by atoms with Gasteiger partial charge in [0.25, 0.3) is 0 Å². The summed E-state index contributed by atoms with van der Waals surface area (Å²) in [6, 6.07) is 11.0. The molecule has 0 aliphatic rings. The highest BCUT2D eigenvalue weighted by atomic mass is 79.9. The summed E-state index contributed by atoms with van der Waals surface area (Å²) in [6.07, 6.45) is 0. The van der Waals surface area contributed by atoms with Gasteiger partial charge in [-0.05, 0) is 67.6 Å². The molecule has 0 fully saturated rings. The number of halogens is 2. The topological polar surface area (TPSA) is 0 Å². The summed E-state index contributed by atoms with van der Waals surface area (Å²) in [5, 5.41) is 0. The summed E-state index contributed by atoms with van der Waals surface area (Å²) in [7, 11) is 0. The van der Waals surface area contributed by atoms with Crippen LogP contribution in [-0.4, -0.2) is 0 Å². The van der Waals surface area contributed by atoms with Crippen molar-refractivity contribution in [1.29, 1.82) is 0 Å². The predicted molar refractivity (Wildman–Crippen MR) is 90.3 cm³/mol. The Kier molecular flexibility index (Phi) is 4.52. The Balaban J connectivity index is 2.53. The zero-order chi connectivity index (χ0) is 14.2. The molecule has 2 aromatic rings. The van der Waals surface area contributed by atoms with Gasteiger partial charge in [-0.3, -0.25) is 0 Å². The van der Waals surface area contributed by atoms with E-state index >= 15 is 0 Å². The molecule has 2 heteroatoms. The minimum Gasteiger partial charge on any atom is -0.0786 e. The molecule has 0 heterocycles. The van der Waals surface area contributed by atoms with E-state index in [1.54, 1.807) is 0 Å². The summed E-state index contributed by atoms with van der Waals surface area (Å²) >= 11 is 7.41. The molecule has 2 rings (SSSR count). The second-order valence-corrected chi connectivity index (χ2v) is 7.01. The standard InChI is InChI=1S/C17H18Br2/c1-10-7-12(3)16(13(4)8-10)17(19)15-6-5-14(18)9-11(15)2/h5-9,17H,1-4H3. The van der Waals surface area contributed by atoms with Crippen LogP contribution in [0.3, 0.4) is 0 Å². The quantitative estimate of drug-likeness (QED) is 0.546. The molecule has 0 nitrogen and oxygen atoms in total. The van der Waals surface area contributed by atoms with E-state index < -0.39 is 0 Å². The van der Waals surface area contributed by atoms with Crippen molar-refractivity contribution in [2.45, 2.75) is 32.5 Å². The highest BCUT2D eigenvalue weighted by Crippen LogP contribution is 2.37. The normalized spacial score (nSPS) is 12.5. The second kappa shape index (κ2) is 5.80. The summed E-state index contributed by atoms with van der Waals surface area (Å²) in [5.41, 5.74) is 8.04. The summed E-state index contributed by atoms with van der Waals surface area (Å²) < 4.78 is 1.13. The molecule has 0 radical (unpaired) electrons. The van der Waals surface area contributed by atoms with Gasteiger partial charge in [-0.15, -0.1) is 0 Å². The molecule has 2 aromatic carbocycles. The highest BCUT2D eigenvalue weighted by molar-refractivity contribution is 9.10. The lowest BCUT2D eigenvalue weighted by atomic mass is 9.92. The Morgan fingerprint density at radius 3 is 1.95 bits per heavy atom. The molecule has 0 amide bonds. The van der Waals surface area contributed by atoms with E-state index in [4.69, 9.17) is 0 Å². The molecule has 0 saturated heterocycles. The van der Waals surface area contributed by atoms with E-state index in [-0.39, 0.29) is 4.83 Å². The fourth-order valence-electron chi connectivity index (χ4n) is 2.67. The average molecular weight is 382 g/mol. The predicted octanol–water partition coefficient (Wildman–Crippen LogP) is 6.17. The van der Waals surface area contributed by atoms with Gasteiger partial charge < -0.3 is 0 Å². The maximum absolute atomic E-state index is 3.88. The molecule has 1 unspecified atom stereocenters. The summed E-state index contributed by atoms with van der Waals surface area (Å²) in [6.45, 7) is 8.70. The van der Waals surface area contributed by atoms with Crippen molar-refractivity contribution in [2.24, 2.45) is 0 Å². The maximum Gasteiger partial charge on any atom is 0.0652 e. The Morgan fingerprint density at radius 1 is 0.842 bits per heavy atom. The first-order valence-electron chi connectivity index (χ1n) is 6.38. The molecule has 0 spiro atoms. The van der Waals surface area contributed by atoms with Gasteiger partial charge in [0.2, 0.25) is 0 Å². The highest BCUT2D eigenvalue weighted by Gasteiger charge is 2.17. The number of rotatable bonds is 2. The van der Waals surface area contributed by atoms with E-state index in [2.05, 4.69) is 89.9 Å². The van der Waals surface area contributed by atoms with Crippen LogP contribution in [0.1, 0.15) is 38.2 Å². The fourth-order valence-corrected chi connectivity index (χ4v) is 4.38. The van der Waals surface area contributed by atoms with E-state index in [1.807, 2.05) is 0 Å². The molecule has 0 bridgehead atoms. The van der Waals surface area contributed by atoms with Crippen LogP contribution in [0.5, 0.6) is 0 Å². The van der Waals surface area contributed by atoms with Crippen molar-refractivity contribution in [3.63, 3.8) is 0 Å². The average Bonchev–Trinajstić information content (AvgIpc) is 2.26. The van der Waals surface area contributed by atoms with E-state index in [9.17, 15) is 0 Å². The number of hydrogen-bond acceptors (Lipinski definition) is 0. The molecule has 0 saturated carbocycles. The van der Waals surface area contributed by atoms with Gasteiger partial charge in [0.15, 0.2) is 0 Å². The van der Waals surface area contributed by atoms with Crippen LogP contribution in [0.15, 0.2) is 34.8 Å². The zero-order valence-corrected chi connectivity index (χ0v) is 14.9. The molecule has 100 valence electrons. The van der Waals surface area contributed by atoms with Gasteiger partial charge in [0, 0.05) is 4.47 Å². The minimum absolute atomic E-state index is 0.251. The number of benzene rings is 2. The van der Waals surface area contributed by atoms with Gasteiger partial charge in [-0.1, -0.05) is 55.6 Å². The second-order valence-electron chi connectivity index (χ2n) is 5.18. The van der Waals surface area contributed by atoms with Crippen LogP contribution < -0.4 is 0 Å². The lowest BCUT2D eigenvalue weighted by molar-refractivity contribution is 1.08. The first kappa shape index (κ1) is 14.8. The van der Waals surface area contributed by atoms with Crippen LogP contribution in [0.4, 0.5) is 0 Å². The van der Waals surface area contributed by atoms with Crippen molar-refractivity contribution in [2.75, 3.05) is 0 Å². The van der Waals surface area contributed by atoms with Crippen molar-refractivity contribution in [3.8, 4) is 0 Å². The Bertz CT molecular complexity index is 592. The molecule has 0 N–H and O–H groups in total. The smallest absolute Gasteiger partial charge is 0.0652 e. The van der Waals surface area contributed by atoms with Crippen molar-refractivity contribution in [3.05, 3.63) is 68.2 Å². The Morgan fingerprint density at radius 2 is 1.42 bits per heavy atom. The molecule has 0 aliphatic carbocycles. The lowest BCUT2D eigenvalue weighted by Crippen LogP contribution is -2.01. The molecular weight excluding hydrogens is 364 g/mol. The third kappa shape index (κ3) is 3.11. The molecule has 0 aromatic heterocycles. The van der Waals surface area contributed by atoms with Crippen molar-refractivity contribution < 1.29 is 0 Å². The number of alkyl halides is 1. The van der Waals surface area contributed by atoms with Gasteiger partial charge in [0.1, 0.15) is 0 Å². The van der Waals surface area contributed by atoms with Gasteiger partial charge in [0.05, 0.1) is 4.83 Å². The van der Waals surface area contributed by atoms with Crippen LogP contribution in [-0.2, 0) is 0 Å². The first-order valence-corrected chi connectivity index (χ1v) is 8.09. The number of hydrogen-bond donors (Lipinski definition) is 0. The SMILES string of the molecule is Cc1cc(C)c(C(Br)c2ccc(Br)cc2C)c(C)c1. The zero-order valence-electron chi connectivity index (χ0n) is 11.7. The van der Waals surface area contributed by atoms with E-state index in [0.29, 0.717) is 0 Å². The van der Waals surface area contributed by atoms with Crippen LogP contribution in [0.25, 0.3) is 0 Å². The van der Waals surface area contributed by atoms with Gasteiger partial charge in [-0.25, -0.2) is 0 Å². The first-order chi connectivity index (χ1) is 8.90. The Labute approximate surface area is 132 Å². The fraction of sp³-hybridized carbons (Fsp3) is 0.294.